The van der Waals surface area contributed by atoms with Crippen LogP contribution in [0, 0.1) is 11.8 Å². The van der Waals surface area contributed by atoms with Gasteiger partial charge < -0.3 is 10.2 Å². The van der Waals surface area contributed by atoms with Gasteiger partial charge in [-0.2, -0.15) is 5.10 Å². The number of amides is 3. The Bertz CT molecular complexity index is 937. The average Bonchev–Trinajstić information content (AvgIpc) is 3.14. The Kier molecular flexibility index (Phi) is 6.18. The number of rotatable bonds is 4. The molecule has 28 heavy (non-hydrogen) atoms. The van der Waals surface area contributed by atoms with E-state index in [1.54, 1.807) is 48.4 Å². The SMILES string of the molecule is CNC(=O)[C@@](C)(C(=O)NO)N(C)C(=O)c1ccc(C#Cc2cnn(C)c2)cc1. The number of benzene rings is 1. The molecule has 9 heteroatoms. The van der Waals surface area contributed by atoms with E-state index in [1.807, 2.05) is 0 Å². The maximum Gasteiger partial charge on any atom is 0.278 e. The Morgan fingerprint density at radius 2 is 1.75 bits per heavy atom. The zero-order valence-electron chi connectivity index (χ0n) is 16.0. The van der Waals surface area contributed by atoms with Gasteiger partial charge in [0.15, 0.2) is 5.54 Å². The number of hydrogen-bond donors (Lipinski definition) is 3. The first kappa shape index (κ1) is 20.7. The van der Waals surface area contributed by atoms with Crippen molar-refractivity contribution in [1.29, 1.82) is 0 Å². The van der Waals surface area contributed by atoms with Gasteiger partial charge in [-0.05, 0) is 31.2 Å². The van der Waals surface area contributed by atoms with Crippen molar-refractivity contribution in [3.05, 3.63) is 53.3 Å². The second-order valence-corrected chi connectivity index (χ2v) is 6.19. The highest BCUT2D eigenvalue weighted by Gasteiger charge is 2.47. The Balaban J connectivity index is 2.24. The molecule has 0 bridgehead atoms. The van der Waals surface area contributed by atoms with Crippen LogP contribution in [0.2, 0.25) is 0 Å². The second-order valence-electron chi connectivity index (χ2n) is 6.19. The third-order valence-electron chi connectivity index (χ3n) is 4.38. The van der Waals surface area contributed by atoms with Gasteiger partial charge in [-0.25, -0.2) is 5.48 Å². The van der Waals surface area contributed by atoms with E-state index in [0.717, 1.165) is 10.5 Å². The fourth-order valence-corrected chi connectivity index (χ4v) is 2.48. The summed E-state index contributed by atoms with van der Waals surface area (Å²) in [5.74, 6) is 3.59. The molecule has 0 unspecified atom stereocenters. The minimum atomic E-state index is -1.93. The first-order chi connectivity index (χ1) is 13.2. The quantitative estimate of drug-likeness (QED) is 0.295. The Hall–Kier alpha value is -3.64. The fraction of sp³-hybridized carbons (Fsp3) is 0.263. The Labute approximate surface area is 162 Å². The molecule has 2 aromatic rings. The van der Waals surface area contributed by atoms with Crippen molar-refractivity contribution in [1.82, 2.24) is 25.5 Å². The first-order valence-corrected chi connectivity index (χ1v) is 8.29. The highest BCUT2D eigenvalue weighted by molar-refractivity contribution is 6.12. The van der Waals surface area contributed by atoms with Gasteiger partial charge in [0.25, 0.3) is 17.7 Å². The zero-order chi connectivity index (χ0) is 20.9. The predicted octanol–water partition coefficient (Wildman–Crippen LogP) is -0.0980. The van der Waals surface area contributed by atoms with E-state index in [2.05, 4.69) is 22.3 Å². The smallest absolute Gasteiger partial charge is 0.278 e. The standard InChI is InChI=1S/C19H21N5O4/c1-19(17(26)20-2,18(27)22-28)24(4)16(25)15-9-7-13(8-10-15)5-6-14-11-21-23(3)12-14/h7-12,28H,1-4H3,(H,20,26)(H,22,27)/t19-/m0/s1. The average molecular weight is 383 g/mol. The fourth-order valence-electron chi connectivity index (χ4n) is 2.48. The van der Waals surface area contributed by atoms with Gasteiger partial charge >= 0.3 is 0 Å². The molecule has 0 aliphatic heterocycles. The molecule has 0 radical (unpaired) electrons. The molecule has 3 amide bonds. The van der Waals surface area contributed by atoms with E-state index in [-0.39, 0.29) is 5.56 Å². The number of aryl methyl sites for hydroxylation is 1. The molecule has 9 nitrogen and oxygen atoms in total. The van der Waals surface area contributed by atoms with Crippen molar-refractivity contribution < 1.29 is 19.6 Å². The van der Waals surface area contributed by atoms with Crippen LogP contribution < -0.4 is 10.8 Å². The van der Waals surface area contributed by atoms with Crippen LogP contribution in [0.5, 0.6) is 0 Å². The van der Waals surface area contributed by atoms with Crippen LogP contribution in [-0.4, -0.2) is 57.2 Å². The summed E-state index contributed by atoms with van der Waals surface area (Å²) in [5.41, 5.74) is 1.21. The third-order valence-corrected chi connectivity index (χ3v) is 4.38. The summed E-state index contributed by atoms with van der Waals surface area (Å²) in [6.07, 6.45) is 3.43. The number of carbonyl (C=O) groups is 3. The van der Waals surface area contributed by atoms with Gasteiger partial charge in [0, 0.05) is 38.5 Å². The highest BCUT2D eigenvalue weighted by Crippen LogP contribution is 2.18. The lowest BCUT2D eigenvalue weighted by Gasteiger charge is -2.34. The third kappa shape index (κ3) is 4.02. The molecule has 0 aliphatic rings. The minimum Gasteiger partial charge on any atom is -0.357 e. The summed E-state index contributed by atoms with van der Waals surface area (Å²) in [7, 11) is 4.44. The Morgan fingerprint density at radius 3 is 2.25 bits per heavy atom. The number of aromatic nitrogens is 2. The van der Waals surface area contributed by atoms with Crippen LogP contribution in [0.4, 0.5) is 0 Å². The van der Waals surface area contributed by atoms with E-state index in [0.29, 0.717) is 5.56 Å². The van der Waals surface area contributed by atoms with Crippen LogP contribution in [0.25, 0.3) is 0 Å². The lowest BCUT2D eigenvalue weighted by Crippen LogP contribution is -2.64. The van der Waals surface area contributed by atoms with Crippen molar-refractivity contribution >= 4 is 17.7 Å². The van der Waals surface area contributed by atoms with Crippen molar-refractivity contribution in [2.45, 2.75) is 12.5 Å². The summed E-state index contributed by atoms with van der Waals surface area (Å²) < 4.78 is 1.65. The Morgan fingerprint density at radius 1 is 1.14 bits per heavy atom. The number of nitrogens with zero attached hydrogens (tertiary/aromatic N) is 3. The largest absolute Gasteiger partial charge is 0.357 e. The van der Waals surface area contributed by atoms with E-state index >= 15 is 0 Å². The number of nitrogens with one attached hydrogen (secondary N) is 2. The molecule has 146 valence electrons. The molecule has 1 atom stereocenters. The summed E-state index contributed by atoms with van der Waals surface area (Å²) in [6.45, 7) is 1.24. The predicted molar refractivity (Wildman–Crippen MR) is 100 cm³/mol. The molecule has 0 fully saturated rings. The molecular formula is C19H21N5O4. The zero-order valence-corrected chi connectivity index (χ0v) is 16.0. The summed E-state index contributed by atoms with van der Waals surface area (Å²) in [4.78, 5) is 38.0. The van der Waals surface area contributed by atoms with Gasteiger partial charge in [-0.3, -0.25) is 24.3 Å². The van der Waals surface area contributed by atoms with Gasteiger partial charge in [-0.15, -0.1) is 0 Å². The van der Waals surface area contributed by atoms with Crippen LogP contribution in [0.15, 0.2) is 36.7 Å². The van der Waals surface area contributed by atoms with Crippen LogP contribution in [0.1, 0.15) is 28.4 Å². The normalized spacial score (nSPS) is 12.2. The molecule has 0 aliphatic carbocycles. The van der Waals surface area contributed by atoms with Gasteiger partial charge in [0.05, 0.1) is 11.8 Å². The molecule has 1 aromatic heterocycles. The number of carbonyl (C=O) groups excluding carboxylic acids is 3. The van der Waals surface area contributed by atoms with Crippen LogP contribution in [-0.2, 0) is 16.6 Å². The molecule has 0 spiro atoms. The molecule has 1 aromatic carbocycles. The monoisotopic (exact) mass is 383 g/mol. The number of likely N-dealkylation sites (N-methyl/N-ethyl adjacent to an activating group) is 2. The highest BCUT2D eigenvalue weighted by atomic mass is 16.5. The summed E-state index contributed by atoms with van der Waals surface area (Å²) in [6, 6.07) is 6.42. The van der Waals surface area contributed by atoms with Gasteiger partial charge in [0.2, 0.25) is 0 Å². The topological polar surface area (TPSA) is 117 Å². The van der Waals surface area contributed by atoms with E-state index in [9.17, 15) is 14.4 Å². The molecule has 0 saturated heterocycles. The van der Waals surface area contributed by atoms with Crippen molar-refractivity contribution in [3.63, 3.8) is 0 Å². The summed E-state index contributed by atoms with van der Waals surface area (Å²) >= 11 is 0. The lowest BCUT2D eigenvalue weighted by atomic mass is 9.96. The van der Waals surface area contributed by atoms with Crippen molar-refractivity contribution in [2.75, 3.05) is 14.1 Å². The maximum absolute atomic E-state index is 12.8. The number of hydrogen-bond acceptors (Lipinski definition) is 5. The molecule has 0 saturated carbocycles. The van der Waals surface area contributed by atoms with Crippen LogP contribution in [0.3, 0.4) is 0 Å². The van der Waals surface area contributed by atoms with Gasteiger partial charge in [-0.1, -0.05) is 11.8 Å². The molecular weight excluding hydrogens is 362 g/mol. The maximum atomic E-state index is 12.8. The lowest BCUT2D eigenvalue weighted by molar-refractivity contribution is -0.148. The molecule has 2 rings (SSSR count). The first-order valence-electron chi connectivity index (χ1n) is 8.29. The molecule has 1 heterocycles. The molecule has 3 N–H and O–H groups in total. The van der Waals surface area contributed by atoms with Gasteiger partial charge in [0.1, 0.15) is 0 Å². The van der Waals surface area contributed by atoms with Crippen LogP contribution >= 0.6 is 0 Å². The minimum absolute atomic E-state index is 0.260. The van der Waals surface area contributed by atoms with E-state index in [1.165, 1.54) is 26.5 Å². The van der Waals surface area contributed by atoms with E-state index in [4.69, 9.17) is 5.21 Å². The van der Waals surface area contributed by atoms with Crippen molar-refractivity contribution in [3.8, 4) is 11.8 Å². The summed E-state index contributed by atoms with van der Waals surface area (Å²) in [5, 5.41) is 15.3. The van der Waals surface area contributed by atoms with Crippen molar-refractivity contribution in [2.24, 2.45) is 7.05 Å². The number of hydroxylamine groups is 1. The van der Waals surface area contributed by atoms with E-state index < -0.39 is 23.3 Å². The second kappa shape index (κ2) is 8.37.